The third-order valence-corrected chi connectivity index (χ3v) is 0. The van der Waals surface area contributed by atoms with E-state index in [0.717, 1.165) is 0 Å². The molecule has 0 aromatic carbocycles. The van der Waals surface area contributed by atoms with E-state index in [9.17, 15) is 0 Å². The third-order valence-electron chi connectivity index (χ3n) is 0. The Kier molecular flexibility index (Phi) is 8.59. The molecule has 0 aliphatic heterocycles. The van der Waals surface area contributed by atoms with Crippen LogP contribution in [0.5, 0.6) is 0 Å². The predicted octanol–water partition coefficient (Wildman–Crippen LogP) is -0.173. The molecule has 0 spiro atoms. The van der Waals surface area contributed by atoms with Crippen LogP contribution in [-0.4, -0.2) is 17.5 Å². The number of rotatable bonds is 0. The van der Waals surface area contributed by atoms with Crippen LogP contribution in [0.15, 0.2) is 0 Å². The van der Waals surface area contributed by atoms with Gasteiger partial charge in [0.2, 0.25) is 0 Å². The Morgan fingerprint density at radius 2 is 1.25 bits per heavy atom. The SMILES string of the molecule is O=S(=O)([O-])[O-].[CH3][Hg][CH3]. The fourth-order valence-corrected chi connectivity index (χ4v) is 0. The molecule has 0 aromatic heterocycles. The van der Waals surface area contributed by atoms with E-state index in [1.165, 1.54) is 0 Å². The molecule has 0 saturated carbocycles. The molecule has 0 rings (SSSR count). The Morgan fingerprint density at radius 3 is 1.25 bits per heavy atom. The molecule has 0 heterocycles. The van der Waals surface area contributed by atoms with E-state index in [1.807, 2.05) is 0 Å². The minimum absolute atomic E-state index is 0.0833. The van der Waals surface area contributed by atoms with Gasteiger partial charge >= 0.3 is 33.4 Å². The van der Waals surface area contributed by atoms with Crippen molar-refractivity contribution in [2.24, 2.45) is 0 Å². The van der Waals surface area contributed by atoms with E-state index in [4.69, 9.17) is 17.5 Å². The van der Waals surface area contributed by atoms with Crippen LogP contribution in [0.2, 0.25) is 8.86 Å². The molecule has 0 saturated heterocycles. The molecule has 0 amide bonds. The van der Waals surface area contributed by atoms with Crippen LogP contribution in [0.4, 0.5) is 0 Å². The fraction of sp³-hybridized carbons (Fsp3) is 1.00. The maximum absolute atomic E-state index is 8.52. The second kappa shape index (κ2) is 5.93. The first kappa shape index (κ1) is 11.6. The van der Waals surface area contributed by atoms with Gasteiger partial charge in [-0.3, -0.25) is 8.42 Å². The Balaban J connectivity index is 0. The van der Waals surface area contributed by atoms with Crippen LogP contribution in [0.25, 0.3) is 0 Å². The summed E-state index contributed by atoms with van der Waals surface area (Å²) in [6, 6.07) is 0. The first-order valence-corrected chi connectivity index (χ1v) is 14.4. The van der Waals surface area contributed by atoms with Gasteiger partial charge in [-0.25, -0.2) is 0 Å². The van der Waals surface area contributed by atoms with E-state index >= 15 is 0 Å². The molecule has 0 N–H and O–H groups in total. The summed E-state index contributed by atoms with van der Waals surface area (Å²) in [7, 11) is -5.17. The van der Waals surface area contributed by atoms with Crippen molar-refractivity contribution in [2.45, 2.75) is 8.86 Å². The summed E-state index contributed by atoms with van der Waals surface area (Å²) in [4.78, 5) is 0. The van der Waals surface area contributed by atoms with Crippen LogP contribution in [-0.2, 0) is 35.0 Å². The van der Waals surface area contributed by atoms with Crippen LogP contribution in [0, 0.1) is 0 Å². The van der Waals surface area contributed by atoms with Gasteiger partial charge in [0.15, 0.2) is 0 Å². The van der Waals surface area contributed by atoms with Crippen molar-refractivity contribution in [1.29, 1.82) is 0 Å². The van der Waals surface area contributed by atoms with Crippen LogP contribution < -0.4 is 0 Å². The van der Waals surface area contributed by atoms with Crippen molar-refractivity contribution in [1.82, 2.24) is 0 Å². The van der Waals surface area contributed by atoms with Crippen molar-refractivity contribution >= 4 is 10.4 Å². The maximum atomic E-state index is 8.52. The van der Waals surface area contributed by atoms with Gasteiger partial charge in [-0.15, -0.1) is 0 Å². The minimum atomic E-state index is -5.17. The van der Waals surface area contributed by atoms with E-state index < -0.39 is 10.4 Å². The van der Waals surface area contributed by atoms with Gasteiger partial charge in [0.1, 0.15) is 0 Å². The van der Waals surface area contributed by atoms with Crippen LogP contribution in [0.1, 0.15) is 0 Å². The molecular formula is C2H6HgO4S-2. The standard InChI is InChI=1S/2CH3.Hg.H2O4S/c;;;1-5(2,3)4/h2*1H3;;(H2,1,2,3,4)/p-2. The molecule has 0 aliphatic rings. The van der Waals surface area contributed by atoms with E-state index in [0.29, 0.717) is 0 Å². The molecular weight excluding hydrogens is 321 g/mol. The van der Waals surface area contributed by atoms with E-state index in [-0.39, 0.29) is 24.6 Å². The molecule has 4 nitrogen and oxygen atoms in total. The number of hydrogen-bond acceptors (Lipinski definition) is 4. The summed E-state index contributed by atoms with van der Waals surface area (Å²) < 4.78 is 38.8. The fourth-order valence-electron chi connectivity index (χ4n) is 0. The quantitative estimate of drug-likeness (QED) is 0.351. The van der Waals surface area contributed by atoms with Crippen molar-refractivity contribution in [3.05, 3.63) is 0 Å². The Labute approximate surface area is 61.3 Å². The van der Waals surface area contributed by atoms with Gasteiger partial charge in [0, 0.05) is 10.4 Å². The predicted molar refractivity (Wildman–Crippen MR) is 22.2 cm³/mol. The third kappa shape index (κ3) is 354. The Bertz CT molecular complexity index is 108. The molecule has 0 radical (unpaired) electrons. The van der Waals surface area contributed by atoms with Gasteiger partial charge in [-0.05, 0) is 0 Å². The summed E-state index contributed by atoms with van der Waals surface area (Å²) in [6.45, 7) is 0. The molecule has 0 bridgehead atoms. The molecule has 0 aliphatic carbocycles. The second-order valence-corrected chi connectivity index (χ2v) is 7.43. The van der Waals surface area contributed by atoms with Gasteiger partial charge < -0.3 is 9.11 Å². The molecule has 6 heteroatoms. The first-order valence-electron chi connectivity index (χ1n) is 2.08. The van der Waals surface area contributed by atoms with Crippen LogP contribution >= 0.6 is 0 Å². The van der Waals surface area contributed by atoms with Gasteiger partial charge in [0.25, 0.3) is 0 Å². The Hall–Kier alpha value is 0.805. The zero-order chi connectivity index (χ0) is 7.21. The molecule has 0 atom stereocenters. The Morgan fingerprint density at radius 1 is 1.25 bits per heavy atom. The van der Waals surface area contributed by atoms with E-state index in [2.05, 4.69) is 8.86 Å². The summed E-state index contributed by atoms with van der Waals surface area (Å²) in [6.07, 6.45) is 0. The average Bonchev–Trinajstić information content (AvgIpc) is 1.27. The molecule has 0 fully saturated rings. The summed E-state index contributed by atoms with van der Waals surface area (Å²) in [5.41, 5.74) is 0. The molecule has 0 aromatic rings. The van der Waals surface area contributed by atoms with E-state index in [1.54, 1.807) is 0 Å². The monoisotopic (exact) mass is 328 g/mol. The van der Waals surface area contributed by atoms with Gasteiger partial charge in [0.05, 0.1) is 0 Å². The van der Waals surface area contributed by atoms with Crippen molar-refractivity contribution in [3.8, 4) is 0 Å². The summed E-state index contributed by atoms with van der Waals surface area (Å²) in [5, 5.41) is 0. The van der Waals surface area contributed by atoms with Gasteiger partial charge in [-0.1, -0.05) is 0 Å². The topological polar surface area (TPSA) is 80.3 Å². The zero-order valence-corrected chi connectivity index (χ0v) is 11.1. The second-order valence-electron chi connectivity index (χ2n) is 1.12. The summed E-state index contributed by atoms with van der Waals surface area (Å²) in [5.74, 6) is 0. The molecule has 48 valence electrons. The van der Waals surface area contributed by atoms with Crippen molar-refractivity contribution < 1.29 is 42.1 Å². The molecule has 0 unspecified atom stereocenters. The van der Waals surface area contributed by atoms with Crippen molar-refractivity contribution in [3.63, 3.8) is 0 Å². The normalized spacial score (nSPS) is 8.50. The number of hydrogen-bond donors (Lipinski definition) is 0. The first-order chi connectivity index (χ1) is 3.41. The van der Waals surface area contributed by atoms with Crippen molar-refractivity contribution in [2.75, 3.05) is 0 Å². The average molecular weight is 327 g/mol. The molecule has 8 heavy (non-hydrogen) atoms. The van der Waals surface area contributed by atoms with Crippen LogP contribution in [0.3, 0.4) is 0 Å². The zero-order valence-electron chi connectivity index (χ0n) is 4.75. The van der Waals surface area contributed by atoms with Gasteiger partial charge in [-0.2, -0.15) is 0 Å². The summed E-state index contributed by atoms with van der Waals surface area (Å²) >= 11 is -0.0833.